The maximum absolute atomic E-state index is 12.0. The van der Waals surface area contributed by atoms with Crippen LogP contribution in [0.1, 0.15) is 17.1 Å². The van der Waals surface area contributed by atoms with Crippen LogP contribution >= 0.6 is 0 Å². The molecule has 0 saturated carbocycles. The number of nitrogens with zero attached hydrogens (tertiary/aromatic N) is 3. The Morgan fingerprint density at radius 1 is 1.44 bits per heavy atom. The second-order valence-electron chi connectivity index (χ2n) is 3.55. The summed E-state index contributed by atoms with van der Waals surface area (Å²) < 4.78 is 26.2. The standard InChI is InChI=1S/C8H12N6O3S/c1-5-6(3-15)8(14-12-5)18(16,17)11-2-7-9-4-10-13-7/h4,11,15H,2-3H2,1H3,(H,12,14)(H,9,10,13). The first-order chi connectivity index (χ1) is 8.54. The first kappa shape index (κ1) is 12.7. The van der Waals surface area contributed by atoms with Gasteiger partial charge in [0.15, 0.2) is 5.03 Å². The predicted octanol–water partition coefficient (Wildman–Crippen LogP) is -1.19. The van der Waals surface area contributed by atoms with Crippen molar-refractivity contribution in [3.8, 4) is 0 Å². The predicted molar refractivity (Wildman–Crippen MR) is 59.7 cm³/mol. The third-order valence-electron chi connectivity index (χ3n) is 2.34. The van der Waals surface area contributed by atoms with E-state index in [1.165, 1.54) is 6.33 Å². The maximum atomic E-state index is 12.0. The Bertz CT molecular complexity index is 617. The van der Waals surface area contributed by atoms with Crippen molar-refractivity contribution >= 4 is 10.0 Å². The van der Waals surface area contributed by atoms with E-state index in [-0.39, 0.29) is 17.1 Å². The molecule has 10 heteroatoms. The van der Waals surface area contributed by atoms with Crippen LogP contribution in [-0.2, 0) is 23.2 Å². The van der Waals surface area contributed by atoms with Gasteiger partial charge in [0.1, 0.15) is 12.2 Å². The van der Waals surface area contributed by atoms with Crippen molar-refractivity contribution in [1.29, 1.82) is 0 Å². The first-order valence-corrected chi connectivity index (χ1v) is 6.51. The molecule has 2 aromatic rings. The number of sulfonamides is 1. The highest BCUT2D eigenvalue weighted by molar-refractivity contribution is 7.89. The van der Waals surface area contributed by atoms with Crippen LogP contribution in [0.5, 0.6) is 0 Å². The molecule has 98 valence electrons. The molecular formula is C8H12N6O3S. The number of aromatic nitrogens is 5. The average Bonchev–Trinajstić information content (AvgIpc) is 2.95. The number of aryl methyl sites for hydroxylation is 1. The van der Waals surface area contributed by atoms with E-state index >= 15 is 0 Å². The van der Waals surface area contributed by atoms with Crippen LogP contribution in [0.15, 0.2) is 11.4 Å². The molecule has 0 bridgehead atoms. The van der Waals surface area contributed by atoms with Crippen LogP contribution < -0.4 is 4.72 Å². The summed E-state index contributed by atoms with van der Waals surface area (Å²) in [6.45, 7) is 1.20. The number of aromatic amines is 2. The minimum absolute atomic E-state index is 0.0287. The molecule has 0 aromatic carbocycles. The Balaban J connectivity index is 2.20. The lowest BCUT2D eigenvalue weighted by Gasteiger charge is -2.03. The van der Waals surface area contributed by atoms with E-state index in [0.29, 0.717) is 11.5 Å². The molecule has 0 saturated heterocycles. The molecule has 0 amide bonds. The summed E-state index contributed by atoms with van der Waals surface area (Å²) >= 11 is 0. The van der Waals surface area contributed by atoms with Gasteiger partial charge in [-0.25, -0.2) is 18.1 Å². The summed E-state index contributed by atoms with van der Waals surface area (Å²) in [5, 5.41) is 21.2. The lowest BCUT2D eigenvalue weighted by Crippen LogP contribution is -2.25. The van der Waals surface area contributed by atoms with E-state index in [2.05, 4.69) is 30.1 Å². The SMILES string of the molecule is Cc1[nH]nc(S(=O)(=O)NCc2ncn[nH]2)c1CO. The Hall–Kier alpha value is -1.78. The normalized spacial score (nSPS) is 11.9. The minimum Gasteiger partial charge on any atom is -0.392 e. The topological polar surface area (TPSA) is 137 Å². The van der Waals surface area contributed by atoms with Crippen LogP contribution in [-0.4, -0.2) is 38.9 Å². The van der Waals surface area contributed by atoms with Gasteiger partial charge in [-0.05, 0) is 6.92 Å². The lowest BCUT2D eigenvalue weighted by atomic mass is 10.3. The van der Waals surface area contributed by atoms with Gasteiger partial charge < -0.3 is 5.11 Å². The van der Waals surface area contributed by atoms with Gasteiger partial charge >= 0.3 is 0 Å². The van der Waals surface area contributed by atoms with Crippen molar-refractivity contribution < 1.29 is 13.5 Å². The zero-order valence-electron chi connectivity index (χ0n) is 9.51. The fourth-order valence-electron chi connectivity index (χ4n) is 1.39. The molecular weight excluding hydrogens is 260 g/mol. The van der Waals surface area contributed by atoms with Gasteiger partial charge in [-0.2, -0.15) is 10.2 Å². The molecule has 0 aliphatic heterocycles. The van der Waals surface area contributed by atoms with Gasteiger partial charge in [0, 0.05) is 11.3 Å². The number of hydrogen-bond donors (Lipinski definition) is 4. The van der Waals surface area contributed by atoms with Crippen molar-refractivity contribution in [2.75, 3.05) is 0 Å². The summed E-state index contributed by atoms with van der Waals surface area (Å²) in [5.41, 5.74) is 0.762. The lowest BCUT2D eigenvalue weighted by molar-refractivity contribution is 0.277. The van der Waals surface area contributed by atoms with E-state index < -0.39 is 16.6 Å². The number of aliphatic hydroxyl groups excluding tert-OH is 1. The summed E-state index contributed by atoms with van der Waals surface area (Å²) in [6.07, 6.45) is 1.28. The number of H-pyrrole nitrogens is 2. The minimum atomic E-state index is -3.80. The van der Waals surface area contributed by atoms with Gasteiger partial charge in [-0.3, -0.25) is 10.2 Å². The largest absolute Gasteiger partial charge is 0.392 e. The molecule has 0 spiro atoms. The summed E-state index contributed by atoms with van der Waals surface area (Å²) in [4.78, 5) is 3.79. The highest BCUT2D eigenvalue weighted by Gasteiger charge is 2.23. The van der Waals surface area contributed by atoms with Gasteiger partial charge in [0.25, 0.3) is 10.0 Å². The number of rotatable bonds is 5. The summed E-state index contributed by atoms with van der Waals surface area (Å²) in [6, 6.07) is 0. The van der Waals surface area contributed by atoms with Crippen LogP contribution in [0.2, 0.25) is 0 Å². The summed E-state index contributed by atoms with van der Waals surface area (Å²) in [5.74, 6) is 0.386. The van der Waals surface area contributed by atoms with E-state index in [1.54, 1.807) is 6.92 Å². The van der Waals surface area contributed by atoms with Gasteiger partial charge in [0.2, 0.25) is 0 Å². The Morgan fingerprint density at radius 2 is 2.22 bits per heavy atom. The second-order valence-corrected chi connectivity index (χ2v) is 5.23. The number of aliphatic hydroxyl groups is 1. The molecule has 0 radical (unpaired) electrons. The molecule has 0 aliphatic carbocycles. The van der Waals surface area contributed by atoms with Crippen LogP contribution in [0, 0.1) is 6.92 Å². The fourth-order valence-corrected chi connectivity index (χ4v) is 2.56. The molecule has 4 N–H and O–H groups in total. The third-order valence-corrected chi connectivity index (χ3v) is 3.71. The Kier molecular flexibility index (Phi) is 3.41. The fraction of sp³-hybridized carbons (Fsp3) is 0.375. The third kappa shape index (κ3) is 2.39. The zero-order valence-corrected chi connectivity index (χ0v) is 10.3. The van der Waals surface area contributed by atoms with Crippen LogP contribution in [0.25, 0.3) is 0 Å². The molecule has 2 heterocycles. The van der Waals surface area contributed by atoms with Crippen molar-refractivity contribution in [3.05, 3.63) is 23.4 Å². The average molecular weight is 272 g/mol. The van der Waals surface area contributed by atoms with Crippen molar-refractivity contribution in [2.24, 2.45) is 0 Å². The highest BCUT2D eigenvalue weighted by atomic mass is 32.2. The zero-order chi connectivity index (χ0) is 13.2. The molecule has 0 atom stereocenters. The number of nitrogens with one attached hydrogen (secondary N) is 3. The van der Waals surface area contributed by atoms with Crippen molar-refractivity contribution in [2.45, 2.75) is 25.1 Å². The monoisotopic (exact) mass is 272 g/mol. The van der Waals surface area contributed by atoms with E-state index in [4.69, 9.17) is 5.11 Å². The quantitative estimate of drug-likeness (QED) is 0.540. The van der Waals surface area contributed by atoms with Crippen molar-refractivity contribution in [1.82, 2.24) is 30.1 Å². The van der Waals surface area contributed by atoms with Gasteiger partial charge in [-0.1, -0.05) is 0 Å². The molecule has 0 aliphatic rings. The van der Waals surface area contributed by atoms with Gasteiger partial charge in [-0.15, -0.1) is 0 Å². The first-order valence-electron chi connectivity index (χ1n) is 5.03. The Labute approximate surface area is 103 Å². The van der Waals surface area contributed by atoms with Crippen LogP contribution in [0.3, 0.4) is 0 Å². The van der Waals surface area contributed by atoms with Crippen LogP contribution in [0.4, 0.5) is 0 Å². The molecule has 0 fully saturated rings. The second kappa shape index (κ2) is 4.84. The molecule has 2 rings (SSSR count). The Morgan fingerprint density at radius 3 is 2.83 bits per heavy atom. The maximum Gasteiger partial charge on any atom is 0.260 e. The van der Waals surface area contributed by atoms with E-state index in [9.17, 15) is 8.42 Å². The van der Waals surface area contributed by atoms with E-state index in [1.807, 2.05) is 0 Å². The van der Waals surface area contributed by atoms with Gasteiger partial charge in [0.05, 0.1) is 13.2 Å². The van der Waals surface area contributed by atoms with E-state index in [0.717, 1.165) is 0 Å². The summed E-state index contributed by atoms with van der Waals surface area (Å²) in [7, 11) is -3.80. The molecule has 9 nitrogen and oxygen atoms in total. The smallest absolute Gasteiger partial charge is 0.260 e. The van der Waals surface area contributed by atoms with Crippen molar-refractivity contribution in [3.63, 3.8) is 0 Å². The highest BCUT2D eigenvalue weighted by Crippen LogP contribution is 2.15. The molecule has 0 unspecified atom stereocenters. The molecule has 2 aromatic heterocycles. The molecule has 18 heavy (non-hydrogen) atoms. The number of hydrogen-bond acceptors (Lipinski definition) is 6.